The first kappa shape index (κ1) is 48.0. The highest BCUT2D eigenvalue weighted by atomic mass is 33.1. The molecule has 58 heavy (non-hydrogen) atoms. The van der Waals surface area contributed by atoms with Crippen LogP contribution in [0.3, 0.4) is 0 Å². The van der Waals surface area contributed by atoms with Gasteiger partial charge in [-0.2, -0.15) is 0 Å². The zero-order valence-electron chi connectivity index (χ0n) is 36.6. The van der Waals surface area contributed by atoms with Gasteiger partial charge in [0.15, 0.2) is 23.1 Å². The molecule has 4 nitrogen and oxygen atoms in total. The lowest BCUT2D eigenvalue weighted by Crippen LogP contribution is -2.28. The van der Waals surface area contributed by atoms with Crippen molar-refractivity contribution in [1.29, 1.82) is 0 Å². The van der Waals surface area contributed by atoms with Crippen LogP contribution < -0.4 is 0 Å². The Kier molecular flexibility index (Phi) is 22.5. The van der Waals surface area contributed by atoms with Crippen LogP contribution in [0, 0.1) is 0 Å². The Morgan fingerprint density at radius 2 is 0.603 bits per heavy atom. The third kappa shape index (κ3) is 14.5. The Morgan fingerprint density at radius 1 is 0.362 bits per heavy atom. The van der Waals surface area contributed by atoms with Crippen molar-refractivity contribution in [2.24, 2.45) is 0 Å². The molecule has 0 fully saturated rings. The van der Waals surface area contributed by atoms with Crippen molar-refractivity contribution in [3.63, 3.8) is 0 Å². The molecule has 0 amide bonds. The number of Topliss-reactive ketones (excluding diaryl/α,β-unsaturated/α-hetero) is 4. The maximum atomic E-state index is 14.2. The first-order valence-electron chi connectivity index (χ1n) is 23.4. The van der Waals surface area contributed by atoms with E-state index >= 15 is 0 Å². The van der Waals surface area contributed by atoms with Crippen molar-refractivity contribution in [3.05, 3.63) is 93.1 Å². The van der Waals surface area contributed by atoms with Gasteiger partial charge in [0.25, 0.3) is 0 Å². The zero-order chi connectivity index (χ0) is 41.5. The molecule has 0 aliphatic heterocycles. The molecule has 0 radical (unpaired) electrons. The summed E-state index contributed by atoms with van der Waals surface area (Å²) in [5.41, 5.74) is 4.31. The van der Waals surface area contributed by atoms with Crippen LogP contribution >= 0.6 is 21.6 Å². The Balaban J connectivity index is 1.44. The van der Waals surface area contributed by atoms with Crippen LogP contribution in [-0.2, 0) is 0 Å². The number of unbranched alkanes of at least 4 members (excludes halogenated alkanes) is 22. The van der Waals surface area contributed by atoms with E-state index in [0.29, 0.717) is 44.5 Å². The fourth-order valence-electron chi connectivity index (χ4n) is 8.77. The first-order valence-corrected chi connectivity index (χ1v) is 25.7. The molecule has 0 N–H and O–H groups in total. The number of allylic oxidation sites excluding steroid dienone is 2. The van der Waals surface area contributed by atoms with Crippen LogP contribution in [0.2, 0.25) is 0 Å². The Bertz CT molecular complexity index is 1560. The minimum Gasteiger partial charge on any atom is -0.289 e. The Hall–Kier alpha value is -2.70. The molecule has 0 aromatic heterocycles. The molecule has 4 rings (SSSR count). The summed E-state index contributed by atoms with van der Waals surface area (Å²) >= 11 is 0. The van der Waals surface area contributed by atoms with E-state index in [0.717, 1.165) is 38.5 Å². The van der Waals surface area contributed by atoms with Gasteiger partial charge in [-0.15, -0.1) is 0 Å². The van der Waals surface area contributed by atoms with Crippen LogP contribution in [0.1, 0.15) is 236 Å². The van der Waals surface area contributed by atoms with Gasteiger partial charge < -0.3 is 0 Å². The van der Waals surface area contributed by atoms with E-state index in [4.69, 9.17) is 0 Å². The molecule has 0 saturated carbocycles. The van der Waals surface area contributed by atoms with Gasteiger partial charge in [-0.3, -0.25) is 19.2 Å². The average molecular weight is 827 g/mol. The van der Waals surface area contributed by atoms with E-state index in [9.17, 15) is 19.2 Å². The number of carbonyl (C=O) groups is 4. The van der Waals surface area contributed by atoms with Crippen molar-refractivity contribution in [2.45, 2.75) is 205 Å². The quantitative estimate of drug-likeness (QED) is 0.0557. The van der Waals surface area contributed by atoms with E-state index in [-0.39, 0.29) is 33.6 Å². The lowest BCUT2D eigenvalue weighted by Gasteiger charge is -2.29. The second-order valence-corrected chi connectivity index (χ2v) is 19.7. The van der Waals surface area contributed by atoms with Gasteiger partial charge in [-0.05, 0) is 26.7 Å². The monoisotopic (exact) mass is 827 g/mol. The largest absolute Gasteiger partial charge is 0.289 e. The van der Waals surface area contributed by atoms with Gasteiger partial charge in [0.1, 0.15) is 0 Å². The summed E-state index contributed by atoms with van der Waals surface area (Å²) < 4.78 is 0. The van der Waals surface area contributed by atoms with Gasteiger partial charge in [0, 0.05) is 55.0 Å². The topological polar surface area (TPSA) is 68.3 Å². The Labute approximate surface area is 360 Å². The van der Waals surface area contributed by atoms with Crippen LogP contribution in [-0.4, -0.2) is 33.6 Å². The van der Waals surface area contributed by atoms with E-state index in [1.54, 1.807) is 45.9 Å². The molecule has 2 unspecified atom stereocenters. The SMILES string of the molecule is CCCCCCCCCCCCCCC(SSC(CCCCCCCCCCCCCC)C1=C(C)C(=O)c2ccccc2C1=O)C1=C(C)C(=O)c2ccccc2C1=O. The average Bonchev–Trinajstić information content (AvgIpc) is 3.24. The third-order valence-corrected chi connectivity index (χ3v) is 15.6. The van der Waals surface area contributed by atoms with Gasteiger partial charge in [0.2, 0.25) is 0 Å². The van der Waals surface area contributed by atoms with E-state index in [2.05, 4.69) is 13.8 Å². The summed E-state index contributed by atoms with van der Waals surface area (Å²) in [5, 5.41) is -0.380. The summed E-state index contributed by atoms with van der Waals surface area (Å²) in [6, 6.07) is 14.4. The molecular weight excluding hydrogens is 753 g/mol. The van der Waals surface area contributed by atoms with E-state index in [1.807, 2.05) is 38.1 Å². The maximum absolute atomic E-state index is 14.2. The molecule has 0 bridgehead atoms. The van der Waals surface area contributed by atoms with Gasteiger partial charge >= 0.3 is 0 Å². The molecule has 6 heteroatoms. The lowest BCUT2D eigenvalue weighted by molar-refractivity contribution is 0.0972. The second kappa shape index (κ2) is 27.2. The van der Waals surface area contributed by atoms with Crippen LogP contribution in [0.15, 0.2) is 70.8 Å². The number of hydrogen-bond donors (Lipinski definition) is 0. The number of ketones is 4. The minimum absolute atomic E-state index is 0.0458. The summed E-state index contributed by atoms with van der Waals surface area (Å²) in [6.07, 6.45) is 31.9. The third-order valence-electron chi connectivity index (χ3n) is 12.4. The van der Waals surface area contributed by atoms with Crippen LogP contribution in [0.25, 0.3) is 0 Å². The fourth-order valence-corrected chi connectivity index (χ4v) is 12.3. The Morgan fingerprint density at radius 3 is 0.879 bits per heavy atom. The standard InChI is InChI=1S/C52H74O4S2/c1-5-7-9-11-13-15-17-19-21-23-25-27-37-45(47-39(3)49(53)41-33-29-31-35-43(41)51(47)55)57-58-46(38-28-26-24-22-20-18-16-14-12-10-8-6-2)48-40(4)50(54)42-34-30-32-36-44(42)52(48)56/h29-36,45-46H,5-28,37-38H2,1-4H3. The summed E-state index contributed by atoms with van der Waals surface area (Å²) in [6.45, 7) is 8.18. The summed E-state index contributed by atoms with van der Waals surface area (Å²) in [7, 11) is 3.31. The molecule has 2 aliphatic carbocycles. The van der Waals surface area contributed by atoms with Crippen molar-refractivity contribution in [1.82, 2.24) is 0 Å². The smallest absolute Gasteiger partial charge is 0.191 e. The van der Waals surface area contributed by atoms with E-state index < -0.39 is 0 Å². The zero-order valence-corrected chi connectivity index (χ0v) is 38.2. The second-order valence-electron chi connectivity index (χ2n) is 17.0. The fraction of sp³-hybridized carbons (Fsp3) is 0.615. The van der Waals surface area contributed by atoms with Crippen molar-refractivity contribution >= 4 is 44.7 Å². The molecule has 2 aliphatic rings. The molecule has 318 valence electrons. The van der Waals surface area contributed by atoms with Crippen LogP contribution in [0.5, 0.6) is 0 Å². The van der Waals surface area contributed by atoms with Gasteiger partial charge in [-0.25, -0.2) is 0 Å². The number of rotatable bonds is 31. The number of hydrogen-bond acceptors (Lipinski definition) is 6. The molecule has 2 aromatic rings. The van der Waals surface area contributed by atoms with Gasteiger partial charge in [0.05, 0.1) is 0 Å². The highest BCUT2D eigenvalue weighted by Crippen LogP contribution is 2.46. The molecular formula is C52H74O4S2. The van der Waals surface area contributed by atoms with Crippen molar-refractivity contribution < 1.29 is 19.2 Å². The van der Waals surface area contributed by atoms with Crippen molar-refractivity contribution in [2.75, 3.05) is 0 Å². The van der Waals surface area contributed by atoms with Gasteiger partial charge in [-0.1, -0.05) is 238 Å². The molecule has 0 heterocycles. The van der Waals surface area contributed by atoms with Crippen molar-refractivity contribution in [3.8, 4) is 0 Å². The number of fused-ring (bicyclic) bond motifs is 2. The van der Waals surface area contributed by atoms with Crippen LogP contribution in [0.4, 0.5) is 0 Å². The minimum atomic E-state index is -0.190. The molecule has 2 atom stereocenters. The predicted molar refractivity (Wildman–Crippen MR) is 250 cm³/mol. The highest BCUT2D eigenvalue weighted by Gasteiger charge is 2.37. The van der Waals surface area contributed by atoms with E-state index in [1.165, 1.54) is 128 Å². The normalized spacial score (nSPS) is 15.3. The first-order chi connectivity index (χ1) is 28.3. The predicted octanol–water partition coefficient (Wildman–Crippen LogP) is 16.1. The lowest BCUT2D eigenvalue weighted by atomic mass is 9.82. The maximum Gasteiger partial charge on any atom is 0.191 e. The summed E-state index contributed by atoms with van der Waals surface area (Å²) in [4.78, 5) is 55.8. The highest BCUT2D eigenvalue weighted by molar-refractivity contribution is 8.77. The summed E-state index contributed by atoms with van der Waals surface area (Å²) in [5.74, 6) is -0.218. The molecule has 0 spiro atoms. The number of carbonyl (C=O) groups excluding carboxylic acids is 4. The number of benzene rings is 2. The molecule has 0 saturated heterocycles. The molecule has 2 aromatic carbocycles.